The van der Waals surface area contributed by atoms with Gasteiger partial charge < -0.3 is 14.4 Å². The molecule has 19 heavy (non-hydrogen) atoms. The highest BCUT2D eigenvalue weighted by molar-refractivity contribution is 6.39. The van der Waals surface area contributed by atoms with E-state index >= 15 is 0 Å². The number of carbonyl (C=O) groups is 2. The van der Waals surface area contributed by atoms with Crippen LogP contribution in [0.15, 0.2) is 5.10 Å². The maximum absolute atomic E-state index is 12.4. The number of hydrogen-bond donors (Lipinski definition) is 1. The van der Waals surface area contributed by atoms with Gasteiger partial charge in [0.2, 0.25) is 5.91 Å². The van der Waals surface area contributed by atoms with Gasteiger partial charge in [0.15, 0.2) is 0 Å². The maximum atomic E-state index is 12.4. The van der Waals surface area contributed by atoms with Crippen LogP contribution in [0.4, 0.5) is 0 Å². The minimum Gasteiger partial charge on any atom is -0.383 e. The van der Waals surface area contributed by atoms with Crippen LogP contribution in [-0.2, 0) is 19.1 Å². The first kappa shape index (κ1) is 15.6. The third-order valence-electron chi connectivity index (χ3n) is 2.89. The predicted octanol–water partition coefficient (Wildman–Crippen LogP) is -0.238. The van der Waals surface area contributed by atoms with Crippen molar-refractivity contribution in [3.8, 4) is 0 Å². The number of hydrazone groups is 1. The van der Waals surface area contributed by atoms with Crippen molar-refractivity contribution in [2.75, 3.05) is 34.0 Å². The normalized spacial score (nSPS) is 16.6. The van der Waals surface area contributed by atoms with Crippen molar-refractivity contribution in [3.63, 3.8) is 0 Å². The van der Waals surface area contributed by atoms with Crippen molar-refractivity contribution in [2.24, 2.45) is 5.10 Å². The van der Waals surface area contributed by atoms with Gasteiger partial charge in [-0.25, -0.2) is 5.43 Å². The van der Waals surface area contributed by atoms with Crippen LogP contribution < -0.4 is 5.43 Å². The molecule has 0 saturated carbocycles. The average molecular weight is 271 g/mol. The summed E-state index contributed by atoms with van der Waals surface area (Å²) in [5.41, 5.74) is 2.71. The molecule has 0 radical (unpaired) electrons. The number of ether oxygens (including phenoxy) is 2. The fourth-order valence-electron chi connectivity index (χ4n) is 1.84. The van der Waals surface area contributed by atoms with Gasteiger partial charge in [-0.05, 0) is 6.92 Å². The monoisotopic (exact) mass is 271 g/mol. The second-order valence-corrected chi connectivity index (χ2v) is 4.39. The van der Waals surface area contributed by atoms with E-state index in [0.717, 1.165) is 0 Å². The second kappa shape index (κ2) is 7.85. The van der Waals surface area contributed by atoms with E-state index in [4.69, 9.17) is 9.47 Å². The Hall–Kier alpha value is -1.47. The molecule has 0 bridgehead atoms. The van der Waals surface area contributed by atoms with E-state index in [1.165, 1.54) is 0 Å². The zero-order valence-corrected chi connectivity index (χ0v) is 11.6. The zero-order valence-electron chi connectivity index (χ0n) is 11.6. The molecule has 0 spiro atoms. The Kier molecular flexibility index (Phi) is 6.44. The van der Waals surface area contributed by atoms with Crippen LogP contribution in [0.5, 0.6) is 0 Å². The topological polar surface area (TPSA) is 80.2 Å². The van der Waals surface area contributed by atoms with E-state index in [0.29, 0.717) is 38.3 Å². The molecule has 1 aliphatic rings. The second-order valence-electron chi connectivity index (χ2n) is 4.39. The molecule has 0 aromatic carbocycles. The Morgan fingerprint density at radius 2 is 2.16 bits per heavy atom. The average Bonchev–Trinajstić information content (AvgIpc) is 2.40. The minimum atomic E-state index is -0.179. The first-order valence-corrected chi connectivity index (χ1v) is 6.24. The van der Waals surface area contributed by atoms with Crippen LogP contribution >= 0.6 is 0 Å². The van der Waals surface area contributed by atoms with E-state index in [-0.39, 0.29) is 17.9 Å². The summed E-state index contributed by atoms with van der Waals surface area (Å²) in [6.07, 6.45) is 0.662. The Morgan fingerprint density at radius 3 is 2.68 bits per heavy atom. The van der Waals surface area contributed by atoms with Crippen LogP contribution in [0.3, 0.4) is 0 Å². The van der Waals surface area contributed by atoms with Gasteiger partial charge in [0.05, 0.1) is 19.3 Å². The third-order valence-corrected chi connectivity index (χ3v) is 2.89. The first-order valence-electron chi connectivity index (χ1n) is 6.24. The highest BCUT2D eigenvalue weighted by Crippen LogP contribution is 2.07. The highest BCUT2D eigenvalue weighted by Gasteiger charge is 2.26. The molecule has 0 aromatic rings. The van der Waals surface area contributed by atoms with Crippen molar-refractivity contribution in [2.45, 2.75) is 25.8 Å². The molecule has 108 valence electrons. The summed E-state index contributed by atoms with van der Waals surface area (Å²) in [5, 5.41) is 3.83. The van der Waals surface area contributed by atoms with E-state index in [1.807, 2.05) is 6.92 Å². The SMILES string of the molecule is COCCN(C(=O)C1=NNC(=O)CC1)C(C)COC. The molecular weight excluding hydrogens is 250 g/mol. The number of amides is 2. The lowest BCUT2D eigenvalue weighted by molar-refractivity contribution is -0.128. The molecule has 1 rings (SSSR count). The quantitative estimate of drug-likeness (QED) is 0.693. The van der Waals surface area contributed by atoms with Crippen molar-refractivity contribution in [1.82, 2.24) is 10.3 Å². The van der Waals surface area contributed by atoms with Gasteiger partial charge in [0.25, 0.3) is 5.91 Å². The molecule has 0 fully saturated rings. The zero-order chi connectivity index (χ0) is 14.3. The van der Waals surface area contributed by atoms with Crippen molar-refractivity contribution in [1.29, 1.82) is 0 Å². The lowest BCUT2D eigenvalue weighted by atomic mass is 10.1. The molecule has 7 nitrogen and oxygen atoms in total. The standard InChI is InChI=1S/C12H21N3O4/c1-9(8-19-3)15(6-7-18-2)12(17)10-4-5-11(16)14-13-10/h9H,4-8H2,1-3H3,(H,14,16). The number of carbonyl (C=O) groups excluding carboxylic acids is 2. The van der Waals surface area contributed by atoms with Gasteiger partial charge in [-0.15, -0.1) is 0 Å². The first-order chi connectivity index (χ1) is 9.10. The lowest BCUT2D eigenvalue weighted by Crippen LogP contribution is -2.47. The van der Waals surface area contributed by atoms with Crippen LogP contribution in [0.25, 0.3) is 0 Å². The Morgan fingerprint density at radius 1 is 1.42 bits per heavy atom. The number of methoxy groups -OCH3 is 2. The Balaban J connectivity index is 2.72. The molecular formula is C12H21N3O4. The fourth-order valence-corrected chi connectivity index (χ4v) is 1.84. The summed E-state index contributed by atoms with van der Waals surface area (Å²) in [4.78, 5) is 25.0. The predicted molar refractivity (Wildman–Crippen MR) is 69.7 cm³/mol. The molecule has 1 N–H and O–H groups in total. The molecule has 0 saturated heterocycles. The van der Waals surface area contributed by atoms with Gasteiger partial charge in [-0.3, -0.25) is 9.59 Å². The summed E-state index contributed by atoms with van der Waals surface area (Å²) >= 11 is 0. The number of nitrogens with one attached hydrogen (secondary N) is 1. The van der Waals surface area contributed by atoms with E-state index in [2.05, 4.69) is 10.5 Å². The number of hydrogen-bond acceptors (Lipinski definition) is 5. The van der Waals surface area contributed by atoms with E-state index in [9.17, 15) is 9.59 Å². The molecule has 0 aromatic heterocycles. The Labute approximate surface area is 112 Å². The summed E-state index contributed by atoms with van der Waals surface area (Å²) < 4.78 is 10.1. The molecule has 1 atom stereocenters. The van der Waals surface area contributed by atoms with Crippen molar-refractivity contribution < 1.29 is 19.1 Å². The summed E-state index contributed by atoms with van der Waals surface area (Å²) in [5.74, 6) is -0.341. The lowest BCUT2D eigenvalue weighted by Gasteiger charge is -2.29. The Bertz CT molecular complexity index is 357. The number of nitrogens with zero attached hydrogens (tertiary/aromatic N) is 2. The molecule has 1 aliphatic heterocycles. The highest BCUT2D eigenvalue weighted by atomic mass is 16.5. The van der Waals surface area contributed by atoms with E-state index in [1.54, 1.807) is 19.1 Å². The molecule has 2 amide bonds. The largest absolute Gasteiger partial charge is 0.383 e. The van der Waals surface area contributed by atoms with Gasteiger partial charge in [-0.2, -0.15) is 5.10 Å². The van der Waals surface area contributed by atoms with Crippen LogP contribution in [0, 0.1) is 0 Å². The summed E-state index contributed by atoms with van der Waals surface area (Å²) in [6, 6.07) is -0.0759. The van der Waals surface area contributed by atoms with Crippen molar-refractivity contribution in [3.05, 3.63) is 0 Å². The summed E-state index contributed by atoms with van der Waals surface area (Å²) in [6.45, 7) is 3.25. The summed E-state index contributed by atoms with van der Waals surface area (Å²) in [7, 11) is 3.18. The molecule has 7 heteroatoms. The minimum absolute atomic E-state index is 0.0759. The third kappa shape index (κ3) is 4.60. The molecule has 1 heterocycles. The van der Waals surface area contributed by atoms with Crippen LogP contribution in [0.2, 0.25) is 0 Å². The van der Waals surface area contributed by atoms with Crippen molar-refractivity contribution >= 4 is 17.5 Å². The van der Waals surface area contributed by atoms with Gasteiger partial charge in [-0.1, -0.05) is 0 Å². The molecule has 1 unspecified atom stereocenters. The van der Waals surface area contributed by atoms with Crippen LogP contribution in [0.1, 0.15) is 19.8 Å². The van der Waals surface area contributed by atoms with Gasteiger partial charge in [0.1, 0.15) is 5.71 Å². The van der Waals surface area contributed by atoms with Gasteiger partial charge >= 0.3 is 0 Å². The van der Waals surface area contributed by atoms with Gasteiger partial charge in [0, 0.05) is 33.6 Å². The number of rotatable bonds is 7. The fraction of sp³-hybridized carbons (Fsp3) is 0.750. The molecule has 0 aliphatic carbocycles. The maximum Gasteiger partial charge on any atom is 0.270 e. The van der Waals surface area contributed by atoms with E-state index < -0.39 is 0 Å². The van der Waals surface area contributed by atoms with Crippen LogP contribution in [-0.4, -0.2) is 62.4 Å². The smallest absolute Gasteiger partial charge is 0.270 e.